The number of carbonyl (C=O) groups excluding carboxylic acids is 2. The quantitative estimate of drug-likeness (QED) is 0.683. The largest absolute Gasteiger partial charge is 0.468 e. The van der Waals surface area contributed by atoms with Gasteiger partial charge < -0.3 is 10.1 Å². The van der Waals surface area contributed by atoms with Crippen molar-refractivity contribution in [1.82, 2.24) is 0 Å². The first kappa shape index (κ1) is 17.3. The van der Waals surface area contributed by atoms with E-state index in [1.165, 1.54) is 18.7 Å². The van der Waals surface area contributed by atoms with Crippen molar-refractivity contribution in [2.45, 2.75) is 39.5 Å². The molecule has 0 saturated heterocycles. The van der Waals surface area contributed by atoms with Crippen LogP contribution in [0.2, 0.25) is 0 Å². The van der Waals surface area contributed by atoms with Gasteiger partial charge in [-0.2, -0.15) is 0 Å². The lowest BCUT2D eigenvalue weighted by molar-refractivity contribution is -0.150. The number of carbonyl (C=O) groups is 2. The molecule has 1 aromatic carbocycles. The Balaban J connectivity index is 2.12. The third kappa shape index (κ3) is 4.01. The van der Waals surface area contributed by atoms with E-state index in [4.69, 9.17) is 4.74 Å². The molecule has 4 heteroatoms. The van der Waals surface area contributed by atoms with Gasteiger partial charge >= 0.3 is 5.97 Å². The van der Waals surface area contributed by atoms with Gasteiger partial charge in [0.25, 0.3) is 0 Å². The fourth-order valence-electron chi connectivity index (χ4n) is 2.87. The second kappa shape index (κ2) is 6.57. The van der Waals surface area contributed by atoms with Crippen molar-refractivity contribution >= 4 is 17.4 Å². The molecule has 1 aliphatic carbocycles. The zero-order chi connectivity index (χ0) is 17.2. The summed E-state index contributed by atoms with van der Waals surface area (Å²) in [4.78, 5) is 23.9. The van der Waals surface area contributed by atoms with Crippen molar-refractivity contribution in [3.8, 4) is 0 Å². The summed E-state index contributed by atoms with van der Waals surface area (Å²) in [6, 6.07) is 8.22. The first-order valence-electron chi connectivity index (χ1n) is 7.92. The molecule has 1 aliphatic rings. The Labute approximate surface area is 137 Å². The molecular weight excluding hydrogens is 290 g/mol. The Morgan fingerprint density at radius 3 is 2.30 bits per heavy atom. The second-order valence-corrected chi connectivity index (χ2v) is 7.21. The van der Waals surface area contributed by atoms with Crippen LogP contribution in [-0.2, 0) is 19.7 Å². The molecule has 0 bridgehead atoms. The Bertz CT molecular complexity index is 623. The summed E-state index contributed by atoms with van der Waals surface area (Å²) in [5.74, 6) is -1.40. The highest BCUT2D eigenvalue weighted by atomic mass is 16.5. The highest BCUT2D eigenvalue weighted by Gasteiger charge is 2.35. The highest BCUT2D eigenvalue weighted by molar-refractivity contribution is 6.06. The third-order valence-electron chi connectivity index (χ3n) is 4.24. The lowest BCUT2D eigenvalue weighted by Crippen LogP contribution is -2.34. The maximum Gasteiger partial charge on any atom is 0.316 e. The van der Waals surface area contributed by atoms with Gasteiger partial charge in [0.05, 0.1) is 7.11 Å². The lowest BCUT2D eigenvalue weighted by atomic mass is 9.82. The van der Waals surface area contributed by atoms with Crippen molar-refractivity contribution in [2.24, 2.45) is 11.8 Å². The maximum atomic E-state index is 12.2. The first-order valence-corrected chi connectivity index (χ1v) is 7.92. The molecule has 124 valence electrons. The number of esters is 1. The van der Waals surface area contributed by atoms with E-state index in [0.29, 0.717) is 6.42 Å². The molecule has 0 amide bonds. The highest BCUT2D eigenvalue weighted by Crippen LogP contribution is 2.30. The van der Waals surface area contributed by atoms with Gasteiger partial charge in [0.1, 0.15) is 5.92 Å². The van der Waals surface area contributed by atoms with Gasteiger partial charge in [0.15, 0.2) is 5.78 Å². The molecule has 0 aromatic heterocycles. The van der Waals surface area contributed by atoms with Gasteiger partial charge in [-0.15, -0.1) is 0 Å². The zero-order valence-electron chi connectivity index (χ0n) is 14.5. The SMILES string of the molecule is COC(=O)C1C(=O)C=C(Nc2ccc(C(C)(C)C)cc2)CC1C. The molecule has 2 atom stereocenters. The van der Waals surface area contributed by atoms with Crippen LogP contribution in [0.15, 0.2) is 36.0 Å². The minimum Gasteiger partial charge on any atom is -0.468 e. The molecule has 0 heterocycles. The maximum absolute atomic E-state index is 12.2. The fourth-order valence-corrected chi connectivity index (χ4v) is 2.87. The van der Waals surface area contributed by atoms with Gasteiger partial charge in [-0.25, -0.2) is 0 Å². The van der Waals surface area contributed by atoms with Crippen molar-refractivity contribution in [2.75, 3.05) is 12.4 Å². The number of hydrogen-bond donors (Lipinski definition) is 1. The average Bonchev–Trinajstić information content (AvgIpc) is 2.45. The minimum absolute atomic E-state index is 0.0729. The molecule has 2 unspecified atom stereocenters. The van der Waals surface area contributed by atoms with Crippen LogP contribution >= 0.6 is 0 Å². The van der Waals surface area contributed by atoms with E-state index in [0.717, 1.165) is 11.4 Å². The van der Waals surface area contributed by atoms with Crippen LogP contribution in [0.25, 0.3) is 0 Å². The summed E-state index contributed by atoms with van der Waals surface area (Å²) in [7, 11) is 1.32. The Morgan fingerprint density at radius 2 is 1.83 bits per heavy atom. The molecule has 0 radical (unpaired) electrons. The van der Waals surface area contributed by atoms with E-state index in [1.807, 2.05) is 19.1 Å². The predicted molar refractivity (Wildman–Crippen MR) is 91.1 cm³/mol. The third-order valence-corrected chi connectivity index (χ3v) is 4.24. The van der Waals surface area contributed by atoms with Gasteiger partial charge in [-0.3, -0.25) is 9.59 Å². The van der Waals surface area contributed by atoms with Gasteiger partial charge in [0.2, 0.25) is 0 Å². The van der Waals surface area contributed by atoms with Gasteiger partial charge in [-0.05, 0) is 35.4 Å². The second-order valence-electron chi connectivity index (χ2n) is 7.21. The van der Waals surface area contributed by atoms with E-state index >= 15 is 0 Å². The van der Waals surface area contributed by atoms with E-state index < -0.39 is 11.9 Å². The summed E-state index contributed by atoms with van der Waals surface area (Å²) in [6.07, 6.45) is 2.17. The van der Waals surface area contributed by atoms with Crippen molar-refractivity contribution in [1.29, 1.82) is 0 Å². The first-order chi connectivity index (χ1) is 10.7. The van der Waals surface area contributed by atoms with Crippen LogP contribution in [0.5, 0.6) is 0 Å². The van der Waals surface area contributed by atoms with Crippen LogP contribution in [0.4, 0.5) is 5.69 Å². The number of allylic oxidation sites excluding steroid dienone is 2. The average molecular weight is 315 g/mol. The molecule has 23 heavy (non-hydrogen) atoms. The molecule has 0 fully saturated rings. The van der Waals surface area contributed by atoms with Crippen LogP contribution in [0, 0.1) is 11.8 Å². The molecule has 0 aliphatic heterocycles. The normalized spacial score (nSPS) is 21.6. The summed E-state index contributed by atoms with van der Waals surface area (Å²) in [6.45, 7) is 8.42. The van der Waals surface area contributed by atoms with Crippen LogP contribution < -0.4 is 5.32 Å². The van der Waals surface area contributed by atoms with Crippen molar-refractivity contribution < 1.29 is 14.3 Å². The number of rotatable bonds is 3. The zero-order valence-corrected chi connectivity index (χ0v) is 14.5. The number of ketones is 1. The molecule has 2 rings (SSSR count). The van der Waals surface area contributed by atoms with E-state index in [-0.39, 0.29) is 17.1 Å². The standard InChI is InChI=1S/C19H25NO3/c1-12-10-15(11-16(21)17(12)18(22)23-5)20-14-8-6-13(7-9-14)19(2,3)4/h6-9,11-12,17,20H,10H2,1-5H3. The minimum atomic E-state index is -0.686. The number of anilines is 1. The Hall–Kier alpha value is -2.10. The van der Waals surface area contributed by atoms with E-state index in [9.17, 15) is 9.59 Å². The predicted octanol–water partition coefficient (Wildman–Crippen LogP) is 3.68. The van der Waals surface area contributed by atoms with Gasteiger partial charge in [0, 0.05) is 17.5 Å². The van der Waals surface area contributed by atoms with Gasteiger partial charge in [-0.1, -0.05) is 39.8 Å². The number of hydrogen-bond acceptors (Lipinski definition) is 4. The number of nitrogens with one attached hydrogen (secondary N) is 1. The van der Waals surface area contributed by atoms with E-state index in [2.05, 4.69) is 38.2 Å². The summed E-state index contributed by atoms with van der Waals surface area (Å²) in [5, 5.41) is 3.29. The van der Waals surface area contributed by atoms with E-state index in [1.54, 1.807) is 0 Å². The van der Waals surface area contributed by atoms with Crippen LogP contribution in [0.1, 0.15) is 39.7 Å². The number of ether oxygens (including phenoxy) is 1. The summed E-state index contributed by atoms with van der Waals surface area (Å²) < 4.78 is 4.72. The molecule has 0 spiro atoms. The monoisotopic (exact) mass is 315 g/mol. The number of benzene rings is 1. The molecular formula is C19H25NO3. The molecule has 4 nitrogen and oxygen atoms in total. The smallest absolute Gasteiger partial charge is 0.316 e. The van der Waals surface area contributed by atoms with Crippen LogP contribution in [0.3, 0.4) is 0 Å². The van der Waals surface area contributed by atoms with Crippen molar-refractivity contribution in [3.63, 3.8) is 0 Å². The van der Waals surface area contributed by atoms with Crippen molar-refractivity contribution in [3.05, 3.63) is 41.6 Å². The van der Waals surface area contributed by atoms with Crippen LogP contribution in [-0.4, -0.2) is 18.9 Å². The number of methoxy groups -OCH3 is 1. The molecule has 0 saturated carbocycles. The summed E-state index contributed by atoms with van der Waals surface area (Å²) in [5.41, 5.74) is 3.16. The Morgan fingerprint density at radius 1 is 1.22 bits per heavy atom. The summed E-state index contributed by atoms with van der Waals surface area (Å²) >= 11 is 0. The Kier molecular flexibility index (Phi) is 4.93. The lowest BCUT2D eigenvalue weighted by Gasteiger charge is -2.26. The topological polar surface area (TPSA) is 55.4 Å². The molecule has 1 N–H and O–H groups in total. The fraction of sp³-hybridized carbons (Fsp3) is 0.474. The molecule has 1 aromatic rings.